The first-order valence-electron chi connectivity index (χ1n) is 7.88. The van der Waals surface area contributed by atoms with E-state index >= 15 is 0 Å². The van der Waals surface area contributed by atoms with Crippen molar-refractivity contribution in [3.05, 3.63) is 71.8 Å². The lowest BCUT2D eigenvalue weighted by Crippen LogP contribution is -2.32. The Morgan fingerprint density at radius 2 is 1.75 bits per heavy atom. The van der Waals surface area contributed by atoms with Crippen LogP contribution in [0.3, 0.4) is 0 Å². The maximum Gasteiger partial charge on any atom is 0.265 e. The molecule has 24 heavy (non-hydrogen) atoms. The number of anilines is 1. The van der Waals surface area contributed by atoms with Crippen molar-refractivity contribution in [2.45, 2.75) is 19.4 Å². The number of carbonyl (C=O) groups excluding carboxylic acids is 1. The molecule has 0 aliphatic carbocycles. The van der Waals surface area contributed by atoms with Crippen molar-refractivity contribution >= 4 is 34.0 Å². The predicted octanol–water partition coefficient (Wildman–Crippen LogP) is 5.29. The van der Waals surface area contributed by atoms with Gasteiger partial charge in [0.05, 0.1) is 5.02 Å². The average molecular weight is 340 g/mol. The predicted molar refractivity (Wildman–Crippen MR) is 98.7 cm³/mol. The second-order valence-corrected chi connectivity index (χ2v) is 5.90. The number of rotatable bonds is 5. The molecule has 0 heterocycles. The van der Waals surface area contributed by atoms with E-state index in [0.717, 1.165) is 16.5 Å². The van der Waals surface area contributed by atoms with Crippen LogP contribution in [-0.2, 0) is 4.79 Å². The number of para-hydroxylation sites is 1. The SMILES string of the molecule is CC[C@H](Oc1ccccc1Cl)C(=O)Nc1ccc2ccccc2c1. The van der Waals surface area contributed by atoms with Crippen LogP contribution in [-0.4, -0.2) is 12.0 Å². The lowest BCUT2D eigenvalue weighted by molar-refractivity contribution is -0.122. The topological polar surface area (TPSA) is 38.3 Å². The molecule has 1 atom stereocenters. The minimum Gasteiger partial charge on any atom is -0.479 e. The van der Waals surface area contributed by atoms with Gasteiger partial charge in [0.25, 0.3) is 5.91 Å². The molecule has 0 saturated carbocycles. The van der Waals surface area contributed by atoms with E-state index < -0.39 is 6.10 Å². The van der Waals surface area contributed by atoms with Crippen LogP contribution >= 0.6 is 11.6 Å². The van der Waals surface area contributed by atoms with E-state index in [2.05, 4.69) is 5.32 Å². The highest BCUT2D eigenvalue weighted by Crippen LogP contribution is 2.25. The molecular formula is C20H18ClNO2. The van der Waals surface area contributed by atoms with Crippen molar-refractivity contribution in [1.82, 2.24) is 0 Å². The first kappa shape index (κ1) is 16.3. The fourth-order valence-corrected chi connectivity index (χ4v) is 2.69. The van der Waals surface area contributed by atoms with Crippen LogP contribution < -0.4 is 10.1 Å². The number of benzene rings is 3. The number of amides is 1. The molecule has 3 aromatic rings. The Hall–Kier alpha value is -2.52. The number of nitrogens with one attached hydrogen (secondary N) is 1. The Morgan fingerprint density at radius 3 is 2.50 bits per heavy atom. The summed E-state index contributed by atoms with van der Waals surface area (Å²) in [6.07, 6.45) is -0.0543. The fraction of sp³-hybridized carbons (Fsp3) is 0.150. The number of halogens is 1. The van der Waals surface area contributed by atoms with Crippen LogP contribution in [0.2, 0.25) is 5.02 Å². The Labute approximate surface area is 146 Å². The molecule has 1 amide bonds. The van der Waals surface area contributed by atoms with E-state index in [1.54, 1.807) is 12.1 Å². The van der Waals surface area contributed by atoms with E-state index in [1.165, 1.54) is 0 Å². The lowest BCUT2D eigenvalue weighted by atomic mass is 10.1. The molecule has 3 nitrogen and oxygen atoms in total. The number of hydrogen-bond acceptors (Lipinski definition) is 2. The number of carbonyl (C=O) groups is 1. The van der Waals surface area contributed by atoms with Gasteiger partial charge < -0.3 is 10.1 Å². The largest absolute Gasteiger partial charge is 0.479 e. The van der Waals surface area contributed by atoms with Crippen molar-refractivity contribution < 1.29 is 9.53 Å². The van der Waals surface area contributed by atoms with Gasteiger partial charge in [0, 0.05) is 5.69 Å². The Balaban J connectivity index is 1.75. The van der Waals surface area contributed by atoms with Crippen LogP contribution in [0.5, 0.6) is 5.75 Å². The van der Waals surface area contributed by atoms with Gasteiger partial charge in [0.1, 0.15) is 5.75 Å². The molecule has 0 aliphatic heterocycles. The monoisotopic (exact) mass is 339 g/mol. The molecule has 0 bridgehead atoms. The number of hydrogen-bond donors (Lipinski definition) is 1. The van der Waals surface area contributed by atoms with Gasteiger partial charge in [0.2, 0.25) is 0 Å². The summed E-state index contributed by atoms with van der Waals surface area (Å²) in [6, 6.07) is 21.0. The number of fused-ring (bicyclic) bond motifs is 1. The molecule has 0 radical (unpaired) electrons. The summed E-state index contributed by atoms with van der Waals surface area (Å²) in [6.45, 7) is 1.90. The maximum atomic E-state index is 12.5. The van der Waals surface area contributed by atoms with E-state index in [0.29, 0.717) is 17.2 Å². The normalized spacial score (nSPS) is 11.9. The zero-order valence-electron chi connectivity index (χ0n) is 13.3. The van der Waals surface area contributed by atoms with E-state index in [1.807, 2.05) is 61.5 Å². The molecule has 0 aliphatic rings. The van der Waals surface area contributed by atoms with Gasteiger partial charge in [-0.2, -0.15) is 0 Å². The molecule has 0 fully saturated rings. The molecule has 0 unspecified atom stereocenters. The van der Waals surface area contributed by atoms with Crippen molar-refractivity contribution in [1.29, 1.82) is 0 Å². The molecule has 4 heteroatoms. The van der Waals surface area contributed by atoms with Gasteiger partial charge in [-0.1, -0.05) is 61.0 Å². The van der Waals surface area contributed by atoms with Crippen LogP contribution in [0.4, 0.5) is 5.69 Å². The Kier molecular flexibility index (Phi) is 5.02. The maximum absolute atomic E-state index is 12.5. The molecule has 0 spiro atoms. The summed E-state index contributed by atoms with van der Waals surface area (Å²) in [5.41, 5.74) is 0.750. The van der Waals surface area contributed by atoms with Gasteiger partial charge in [-0.3, -0.25) is 4.79 Å². The first-order chi connectivity index (χ1) is 11.7. The van der Waals surface area contributed by atoms with Crippen LogP contribution in [0, 0.1) is 0 Å². The van der Waals surface area contributed by atoms with Gasteiger partial charge >= 0.3 is 0 Å². The summed E-state index contributed by atoms with van der Waals surface area (Å²) < 4.78 is 5.77. The van der Waals surface area contributed by atoms with Crippen molar-refractivity contribution in [3.63, 3.8) is 0 Å². The number of ether oxygens (including phenoxy) is 1. The molecule has 3 aromatic carbocycles. The lowest BCUT2D eigenvalue weighted by Gasteiger charge is -2.18. The van der Waals surface area contributed by atoms with E-state index in [9.17, 15) is 4.79 Å². The molecule has 0 aromatic heterocycles. The standard InChI is InChI=1S/C20H18ClNO2/c1-2-18(24-19-10-6-5-9-17(19)21)20(23)22-16-12-11-14-7-3-4-8-15(14)13-16/h3-13,18H,2H2,1H3,(H,22,23)/t18-/m0/s1. The van der Waals surface area contributed by atoms with Crippen molar-refractivity contribution in [2.24, 2.45) is 0 Å². The molecule has 3 rings (SSSR count). The second-order valence-electron chi connectivity index (χ2n) is 5.50. The zero-order valence-corrected chi connectivity index (χ0v) is 14.1. The summed E-state index contributed by atoms with van der Waals surface area (Å²) >= 11 is 6.10. The van der Waals surface area contributed by atoms with Gasteiger partial charge in [-0.25, -0.2) is 0 Å². The first-order valence-corrected chi connectivity index (χ1v) is 8.26. The quantitative estimate of drug-likeness (QED) is 0.686. The zero-order chi connectivity index (χ0) is 16.9. The average Bonchev–Trinajstić information content (AvgIpc) is 2.61. The van der Waals surface area contributed by atoms with Gasteiger partial charge in [-0.05, 0) is 41.5 Å². The van der Waals surface area contributed by atoms with Crippen LogP contribution in [0.15, 0.2) is 66.7 Å². The minimum absolute atomic E-state index is 0.187. The summed E-state index contributed by atoms with van der Waals surface area (Å²) in [7, 11) is 0. The van der Waals surface area contributed by atoms with Gasteiger partial charge in [0.15, 0.2) is 6.10 Å². The van der Waals surface area contributed by atoms with Crippen LogP contribution in [0.1, 0.15) is 13.3 Å². The highest BCUT2D eigenvalue weighted by molar-refractivity contribution is 6.32. The van der Waals surface area contributed by atoms with E-state index in [4.69, 9.17) is 16.3 Å². The molecule has 122 valence electrons. The van der Waals surface area contributed by atoms with Crippen LogP contribution in [0.25, 0.3) is 10.8 Å². The highest BCUT2D eigenvalue weighted by Gasteiger charge is 2.19. The fourth-order valence-electron chi connectivity index (χ4n) is 2.51. The molecule has 1 N–H and O–H groups in total. The minimum atomic E-state index is -0.601. The summed E-state index contributed by atoms with van der Waals surface area (Å²) in [4.78, 5) is 12.5. The van der Waals surface area contributed by atoms with Gasteiger partial charge in [-0.15, -0.1) is 0 Å². The summed E-state index contributed by atoms with van der Waals surface area (Å²) in [5, 5.41) is 5.63. The Morgan fingerprint density at radius 1 is 1.04 bits per heavy atom. The third-order valence-electron chi connectivity index (χ3n) is 3.79. The molecule has 0 saturated heterocycles. The third kappa shape index (κ3) is 3.69. The summed E-state index contributed by atoms with van der Waals surface area (Å²) in [5.74, 6) is 0.326. The highest BCUT2D eigenvalue weighted by atomic mass is 35.5. The Bertz CT molecular complexity index is 863. The van der Waals surface area contributed by atoms with Crippen molar-refractivity contribution in [2.75, 3.05) is 5.32 Å². The van der Waals surface area contributed by atoms with E-state index in [-0.39, 0.29) is 5.91 Å². The van der Waals surface area contributed by atoms with Crippen molar-refractivity contribution in [3.8, 4) is 5.75 Å². The molecular weight excluding hydrogens is 322 g/mol. The second kappa shape index (κ2) is 7.37. The smallest absolute Gasteiger partial charge is 0.265 e. The third-order valence-corrected chi connectivity index (χ3v) is 4.10.